The molecule has 0 fully saturated rings. The maximum Gasteiger partial charge on any atom is 0.240 e. The van der Waals surface area contributed by atoms with Gasteiger partial charge in [0.25, 0.3) is 0 Å². The maximum absolute atomic E-state index is 12.3. The fourth-order valence-electron chi connectivity index (χ4n) is 2.97. The highest BCUT2D eigenvalue weighted by molar-refractivity contribution is 5.82. The van der Waals surface area contributed by atoms with Crippen LogP contribution in [-0.2, 0) is 29.7 Å². The summed E-state index contributed by atoms with van der Waals surface area (Å²) in [6.45, 7) is 7.31. The van der Waals surface area contributed by atoms with Gasteiger partial charge in [-0.3, -0.25) is 9.69 Å². The maximum atomic E-state index is 12.3. The lowest BCUT2D eigenvalue weighted by Crippen LogP contribution is -2.49. The van der Waals surface area contributed by atoms with E-state index in [1.54, 1.807) is 7.05 Å². The lowest BCUT2D eigenvalue weighted by atomic mass is 9.93. The summed E-state index contributed by atoms with van der Waals surface area (Å²) in [5.41, 5.74) is 2.31. The van der Waals surface area contributed by atoms with Crippen LogP contribution in [0, 0.1) is 0 Å². The van der Waals surface area contributed by atoms with Crippen molar-refractivity contribution in [3.63, 3.8) is 0 Å². The molecule has 1 atom stereocenters. The Balaban J connectivity index is 1.84. The van der Waals surface area contributed by atoms with Crippen LogP contribution in [0.3, 0.4) is 0 Å². The molecule has 1 N–H and O–H groups in total. The first-order valence-corrected chi connectivity index (χ1v) is 8.24. The van der Waals surface area contributed by atoms with Crippen LogP contribution in [0.4, 0.5) is 0 Å². The van der Waals surface area contributed by atoms with E-state index in [1.807, 2.05) is 32.9 Å². The van der Waals surface area contributed by atoms with Crippen LogP contribution in [0.25, 0.3) is 0 Å². The molecule has 6 nitrogen and oxygen atoms in total. The predicted molar refractivity (Wildman–Crippen MR) is 90.2 cm³/mol. The third kappa shape index (κ3) is 3.33. The Morgan fingerprint density at radius 2 is 2.04 bits per heavy atom. The quantitative estimate of drug-likeness (QED) is 0.933. The van der Waals surface area contributed by atoms with Gasteiger partial charge in [-0.15, -0.1) is 0 Å². The van der Waals surface area contributed by atoms with Gasteiger partial charge in [0.15, 0.2) is 5.82 Å². The van der Waals surface area contributed by atoms with E-state index in [0.29, 0.717) is 31.2 Å². The number of fused-ring (bicyclic) bond motifs is 1. The third-order valence-electron chi connectivity index (χ3n) is 4.37. The number of nitrogens with one attached hydrogen (secondary N) is 1. The number of benzene rings is 1. The summed E-state index contributed by atoms with van der Waals surface area (Å²) < 4.78 is 5.41. The Morgan fingerprint density at radius 3 is 2.67 bits per heavy atom. The smallest absolute Gasteiger partial charge is 0.240 e. The second kappa shape index (κ2) is 6.36. The molecule has 0 bridgehead atoms. The molecule has 1 aliphatic heterocycles. The molecule has 0 aliphatic carbocycles. The molecule has 1 amide bonds. The molecule has 2 aromatic rings. The number of amides is 1. The first kappa shape index (κ1) is 16.6. The number of hydrogen-bond donors (Lipinski definition) is 1. The Labute approximate surface area is 142 Å². The first-order chi connectivity index (χ1) is 11.4. The highest BCUT2D eigenvalue weighted by Gasteiger charge is 2.32. The van der Waals surface area contributed by atoms with Gasteiger partial charge >= 0.3 is 0 Å². The standard InChI is InChI=1S/C18H24N4O2/c1-18(2,3)17-20-15(24-21-17)11-22-10-13-8-6-5-7-12(13)9-14(22)16(23)19-4/h5-8,14H,9-11H2,1-4H3,(H,19,23)/t14-/m1/s1. The third-order valence-corrected chi connectivity index (χ3v) is 4.37. The predicted octanol–water partition coefficient (Wildman–Crippen LogP) is 2.04. The topological polar surface area (TPSA) is 71.3 Å². The summed E-state index contributed by atoms with van der Waals surface area (Å²) >= 11 is 0. The van der Waals surface area contributed by atoms with Crippen molar-refractivity contribution >= 4 is 5.91 Å². The van der Waals surface area contributed by atoms with Crippen molar-refractivity contribution < 1.29 is 9.32 Å². The van der Waals surface area contributed by atoms with Crippen molar-refractivity contribution in [1.29, 1.82) is 0 Å². The molecular formula is C18H24N4O2. The Morgan fingerprint density at radius 1 is 1.33 bits per heavy atom. The van der Waals surface area contributed by atoms with Crippen molar-refractivity contribution in [2.75, 3.05) is 7.05 Å². The molecule has 2 heterocycles. The lowest BCUT2D eigenvalue weighted by molar-refractivity contribution is -0.126. The molecule has 0 unspecified atom stereocenters. The van der Waals surface area contributed by atoms with E-state index >= 15 is 0 Å². The van der Waals surface area contributed by atoms with Crippen LogP contribution in [0.1, 0.15) is 43.6 Å². The number of carbonyl (C=O) groups is 1. The SMILES string of the molecule is CNC(=O)[C@H]1Cc2ccccc2CN1Cc1nc(C(C)(C)C)no1. The first-order valence-electron chi connectivity index (χ1n) is 8.24. The molecule has 0 spiro atoms. The minimum absolute atomic E-state index is 0.0139. The lowest BCUT2D eigenvalue weighted by Gasteiger charge is -2.34. The number of hydrogen-bond acceptors (Lipinski definition) is 5. The summed E-state index contributed by atoms with van der Waals surface area (Å²) in [7, 11) is 1.67. The highest BCUT2D eigenvalue weighted by Crippen LogP contribution is 2.25. The van der Waals surface area contributed by atoms with Crippen molar-refractivity contribution in [3.8, 4) is 0 Å². The average Bonchev–Trinajstić information content (AvgIpc) is 3.02. The van der Waals surface area contributed by atoms with Gasteiger partial charge in [-0.2, -0.15) is 4.98 Å². The second-order valence-corrected chi connectivity index (χ2v) is 7.27. The summed E-state index contributed by atoms with van der Waals surface area (Å²) in [5.74, 6) is 1.25. The van der Waals surface area contributed by atoms with Crippen LogP contribution < -0.4 is 5.32 Å². The highest BCUT2D eigenvalue weighted by atomic mass is 16.5. The fraction of sp³-hybridized carbons (Fsp3) is 0.500. The number of likely N-dealkylation sites (N-methyl/N-ethyl adjacent to an activating group) is 1. The van der Waals surface area contributed by atoms with E-state index in [2.05, 4.69) is 32.5 Å². The molecule has 24 heavy (non-hydrogen) atoms. The molecule has 0 radical (unpaired) electrons. The van der Waals surface area contributed by atoms with Gasteiger partial charge in [-0.25, -0.2) is 0 Å². The summed E-state index contributed by atoms with van der Waals surface area (Å²) in [6, 6.07) is 8.02. The van der Waals surface area contributed by atoms with Crippen molar-refractivity contribution in [1.82, 2.24) is 20.4 Å². The van der Waals surface area contributed by atoms with Gasteiger partial charge in [0, 0.05) is 19.0 Å². The number of nitrogens with zero attached hydrogens (tertiary/aromatic N) is 3. The summed E-state index contributed by atoms with van der Waals surface area (Å²) in [5, 5.41) is 6.84. The minimum Gasteiger partial charge on any atom is -0.358 e. The molecule has 1 aromatic carbocycles. The van der Waals surface area contributed by atoms with Crippen molar-refractivity contribution in [3.05, 3.63) is 47.1 Å². The zero-order chi connectivity index (χ0) is 17.3. The number of carbonyl (C=O) groups excluding carboxylic acids is 1. The van der Waals surface area contributed by atoms with Crippen LogP contribution in [-0.4, -0.2) is 34.0 Å². The minimum atomic E-state index is -0.227. The second-order valence-electron chi connectivity index (χ2n) is 7.27. The van der Waals surface area contributed by atoms with E-state index in [4.69, 9.17) is 4.52 Å². The molecule has 6 heteroatoms. The zero-order valence-corrected chi connectivity index (χ0v) is 14.7. The van der Waals surface area contributed by atoms with Gasteiger partial charge in [-0.1, -0.05) is 50.2 Å². The normalized spacial score (nSPS) is 18.2. The fourth-order valence-corrected chi connectivity index (χ4v) is 2.97. The molecule has 3 rings (SSSR count). The van der Waals surface area contributed by atoms with Gasteiger partial charge in [0.2, 0.25) is 11.8 Å². The molecule has 1 aromatic heterocycles. The Hall–Kier alpha value is -2.21. The number of aromatic nitrogens is 2. The van der Waals surface area contributed by atoms with Gasteiger partial charge < -0.3 is 9.84 Å². The molecule has 0 saturated heterocycles. The average molecular weight is 328 g/mol. The monoisotopic (exact) mass is 328 g/mol. The molecule has 1 aliphatic rings. The van der Waals surface area contributed by atoms with Crippen molar-refractivity contribution in [2.45, 2.75) is 51.7 Å². The van der Waals surface area contributed by atoms with Crippen LogP contribution in [0.5, 0.6) is 0 Å². The largest absolute Gasteiger partial charge is 0.358 e. The Kier molecular flexibility index (Phi) is 4.41. The van der Waals surface area contributed by atoms with E-state index < -0.39 is 0 Å². The van der Waals surface area contributed by atoms with E-state index in [9.17, 15) is 4.79 Å². The van der Waals surface area contributed by atoms with Crippen LogP contribution in [0.15, 0.2) is 28.8 Å². The van der Waals surface area contributed by atoms with Crippen LogP contribution in [0.2, 0.25) is 0 Å². The molecular weight excluding hydrogens is 304 g/mol. The summed E-state index contributed by atoms with van der Waals surface area (Å²) in [4.78, 5) is 18.9. The van der Waals surface area contributed by atoms with E-state index in [0.717, 1.165) is 0 Å². The zero-order valence-electron chi connectivity index (χ0n) is 14.7. The van der Waals surface area contributed by atoms with Gasteiger partial charge in [0.05, 0.1) is 12.6 Å². The number of rotatable bonds is 3. The van der Waals surface area contributed by atoms with E-state index in [1.165, 1.54) is 11.1 Å². The van der Waals surface area contributed by atoms with Crippen molar-refractivity contribution in [2.24, 2.45) is 0 Å². The van der Waals surface area contributed by atoms with Gasteiger partial charge in [-0.05, 0) is 17.5 Å². The van der Waals surface area contributed by atoms with E-state index in [-0.39, 0.29) is 17.4 Å². The molecule has 0 saturated carbocycles. The Bertz CT molecular complexity index is 733. The summed E-state index contributed by atoms with van der Waals surface area (Å²) in [6.07, 6.45) is 0.691. The molecule has 128 valence electrons. The van der Waals surface area contributed by atoms with Gasteiger partial charge in [0.1, 0.15) is 0 Å². The van der Waals surface area contributed by atoms with Crippen LogP contribution >= 0.6 is 0 Å².